The molecule has 0 aliphatic carbocycles. The van der Waals surface area contributed by atoms with Crippen molar-refractivity contribution in [2.45, 2.75) is 20.3 Å². The topological polar surface area (TPSA) is 46.2 Å². The number of rotatable bonds is 4. The van der Waals surface area contributed by atoms with E-state index in [1.54, 1.807) is 13.0 Å². The van der Waals surface area contributed by atoms with Gasteiger partial charge in [0.25, 0.3) is 0 Å². The van der Waals surface area contributed by atoms with Gasteiger partial charge in [-0.25, -0.2) is 12.8 Å². The highest BCUT2D eigenvalue weighted by atomic mass is 79.9. The lowest BCUT2D eigenvalue weighted by Gasteiger charge is -2.11. The van der Waals surface area contributed by atoms with E-state index in [2.05, 4.69) is 20.7 Å². The van der Waals surface area contributed by atoms with Crippen LogP contribution in [-0.4, -0.2) is 14.2 Å². The van der Waals surface area contributed by atoms with Gasteiger partial charge in [-0.1, -0.05) is 22.9 Å². The Kier molecular flexibility index (Phi) is 4.32. The zero-order chi connectivity index (χ0) is 12.3. The summed E-state index contributed by atoms with van der Waals surface area (Å²) in [5.74, 6) is -0.413. The lowest BCUT2D eigenvalue weighted by molar-refractivity contribution is 0.599. The summed E-state index contributed by atoms with van der Waals surface area (Å²) in [5, 5.41) is 0. The standard InChI is InChI=1S/C10H13BrFNO2S/c1-3-4-16(14,15)13-10-6-8(11)5-9(12)7(10)2/h5-6,13H,3-4H2,1-2H3. The van der Waals surface area contributed by atoms with Crippen molar-refractivity contribution in [3.8, 4) is 0 Å². The van der Waals surface area contributed by atoms with Gasteiger partial charge < -0.3 is 0 Å². The summed E-state index contributed by atoms with van der Waals surface area (Å²) < 4.78 is 39.3. The van der Waals surface area contributed by atoms with Crippen molar-refractivity contribution in [1.29, 1.82) is 0 Å². The minimum Gasteiger partial charge on any atom is -0.283 e. The molecule has 0 radical (unpaired) electrons. The molecule has 0 bridgehead atoms. The van der Waals surface area contributed by atoms with Gasteiger partial charge in [0.15, 0.2) is 0 Å². The monoisotopic (exact) mass is 309 g/mol. The maximum Gasteiger partial charge on any atom is 0.232 e. The van der Waals surface area contributed by atoms with E-state index in [1.807, 2.05) is 0 Å². The second kappa shape index (κ2) is 5.14. The lowest BCUT2D eigenvalue weighted by Crippen LogP contribution is -2.17. The lowest BCUT2D eigenvalue weighted by atomic mass is 10.2. The van der Waals surface area contributed by atoms with Gasteiger partial charge in [-0.2, -0.15) is 0 Å². The molecular weight excluding hydrogens is 297 g/mol. The van der Waals surface area contributed by atoms with Crippen molar-refractivity contribution in [3.05, 3.63) is 28.0 Å². The van der Waals surface area contributed by atoms with Crippen LogP contribution in [0.1, 0.15) is 18.9 Å². The smallest absolute Gasteiger partial charge is 0.232 e. The first-order valence-electron chi connectivity index (χ1n) is 4.82. The third-order valence-corrected chi connectivity index (χ3v) is 3.98. The molecule has 1 aromatic carbocycles. The van der Waals surface area contributed by atoms with Gasteiger partial charge >= 0.3 is 0 Å². The molecule has 1 N–H and O–H groups in total. The minimum atomic E-state index is -3.38. The second-order valence-electron chi connectivity index (χ2n) is 3.48. The van der Waals surface area contributed by atoms with Crippen LogP contribution in [0.4, 0.5) is 10.1 Å². The third kappa shape index (κ3) is 3.45. The van der Waals surface area contributed by atoms with E-state index < -0.39 is 15.8 Å². The van der Waals surface area contributed by atoms with Crippen molar-refractivity contribution >= 4 is 31.6 Å². The third-order valence-electron chi connectivity index (χ3n) is 2.05. The molecule has 90 valence electrons. The van der Waals surface area contributed by atoms with Crippen LogP contribution in [0, 0.1) is 12.7 Å². The molecule has 0 heterocycles. The molecule has 0 aromatic heterocycles. The van der Waals surface area contributed by atoms with Crippen LogP contribution in [0.5, 0.6) is 0 Å². The maximum absolute atomic E-state index is 13.3. The summed E-state index contributed by atoms with van der Waals surface area (Å²) in [5.41, 5.74) is 0.572. The molecule has 3 nitrogen and oxygen atoms in total. The number of anilines is 1. The van der Waals surface area contributed by atoms with E-state index in [4.69, 9.17) is 0 Å². The fourth-order valence-electron chi connectivity index (χ4n) is 1.24. The van der Waals surface area contributed by atoms with Crippen LogP contribution in [0.25, 0.3) is 0 Å². The zero-order valence-electron chi connectivity index (χ0n) is 9.05. The number of sulfonamides is 1. The summed E-state index contributed by atoms with van der Waals surface area (Å²) in [6, 6.07) is 2.85. The van der Waals surface area contributed by atoms with Gasteiger partial charge in [-0.05, 0) is 25.5 Å². The quantitative estimate of drug-likeness (QED) is 0.929. The van der Waals surface area contributed by atoms with E-state index in [0.717, 1.165) is 0 Å². The molecular formula is C10H13BrFNO2S. The first-order chi connectivity index (χ1) is 7.35. The van der Waals surface area contributed by atoms with Crippen LogP contribution in [0.2, 0.25) is 0 Å². The molecule has 0 spiro atoms. The number of hydrogen-bond donors (Lipinski definition) is 1. The van der Waals surface area contributed by atoms with Crippen molar-refractivity contribution in [2.24, 2.45) is 0 Å². The van der Waals surface area contributed by atoms with Crippen molar-refractivity contribution in [2.75, 3.05) is 10.5 Å². The SMILES string of the molecule is CCCS(=O)(=O)Nc1cc(Br)cc(F)c1C. The Morgan fingerprint density at radius 1 is 1.44 bits per heavy atom. The number of nitrogens with one attached hydrogen (secondary N) is 1. The first kappa shape index (κ1) is 13.4. The molecule has 0 saturated carbocycles. The molecule has 0 fully saturated rings. The Morgan fingerprint density at radius 2 is 2.06 bits per heavy atom. The zero-order valence-corrected chi connectivity index (χ0v) is 11.5. The predicted octanol–water partition coefficient (Wildman–Crippen LogP) is 3.05. The van der Waals surface area contributed by atoms with Gasteiger partial charge in [0, 0.05) is 10.0 Å². The van der Waals surface area contributed by atoms with Crippen LogP contribution in [0.3, 0.4) is 0 Å². The number of benzene rings is 1. The predicted molar refractivity (Wildman–Crippen MR) is 66.5 cm³/mol. The highest BCUT2D eigenvalue weighted by molar-refractivity contribution is 9.10. The molecule has 0 aliphatic heterocycles. The van der Waals surface area contributed by atoms with E-state index in [-0.39, 0.29) is 11.4 Å². The van der Waals surface area contributed by atoms with E-state index in [9.17, 15) is 12.8 Å². The summed E-state index contributed by atoms with van der Waals surface area (Å²) >= 11 is 3.12. The average Bonchev–Trinajstić information content (AvgIpc) is 2.12. The minimum absolute atomic E-state index is 0.0283. The van der Waals surface area contributed by atoms with Gasteiger partial charge in [0.2, 0.25) is 10.0 Å². The van der Waals surface area contributed by atoms with Crippen LogP contribution in [-0.2, 0) is 10.0 Å². The van der Waals surface area contributed by atoms with Gasteiger partial charge in [-0.3, -0.25) is 4.72 Å². The van der Waals surface area contributed by atoms with Crippen LogP contribution in [0.15, 0.2) is 16.6 Å². The fourth-order valence-corrected chi connectivity index (χ4v) is 2.86. The van der Waals surface area contributed by atoms with Gasteiger partial charge in [0.1, 0.15) is 5.82 Å². The molecule has 1 rings (SSSR count). The molecule has 0 saturated heterocycles. The summed E-state index contributed by atoms with van der Waals surface area (Å²) in [6.07, 6.45) is 0.519. The largest absolute Gasteiger partial charge is 0.283 e. The Morgan fingerprint density at radius 3 is 2.62 bits per heavy atom. The van der Waals surface area contributed by atoms with Crippen LogP contribution < -0.4 is 4.72 Å². The Labute approximate surface area is 103 Å². The summed E-state index contributed by atoms with van der Waals surface area (Å²) in [4.78, 5) is 0. The first-order valence-corrected chi connectivity index (χ1v) is 7.26. The normalized spacial score (nSPS) is 11.5. The summed E-state index contributed by atoms with van der Waals surface area (Å²) in [6.45, 7) is 3.30. The highest BCUT2D eigenvalue weighted by Crippen LogP contribution is 2.24. The summed E-state index contributed by atoms with van der Waals surface area (Å²) in [7, 11) is -3.38. The van der Waals surface area contributed by atoms with Crippen molar-refractivity contribution in [1.82, 2.24) is 0 Å². The Hall–Kier alpha value is -0.620. The molecule has 0 amide bonds. The second-order valence-corrected chi connectivity index (χ2v) is 6.24. The van der Waals surface area contributed by atoms with E-state index in [0.29, 0.717) is 16.5 Å². The van der Waals surface area contributed by atoms with E-state index >= 15 is 0 Å². The molecule has 6 heteroatoms. The van der Waals surface area contributed by atoms with Gasteiger partial charge in [-0.15, -0.1) is 0 Å². The molecule has 0 aliphatic rings. The fraction of sp³-hybridized carbons (Fsp3) is 0.400. The van der Waals surface area contributed by atoms with Crippen molar-refractivity contribution < 1.29 is 12.8 Å². The Bertz CT molecular complexity index is 488. The molecule has 1 aromatic rings. The molecule has 0 atom stereocenters. The number of halogens is 2. The highest BCUT2D eigenvalue weighted by Gasteiger charge is 2.13. The Balaban J connectivity index is 3.07. The van der Waals surface area contributed by atoms with E-state index in [1.165, 1.54) is 13.0 Å². The van der Waals surface area contributed by atoms with Crippen molar-refractivity contribution in [3.63, 3.8) is 0 Å². The molecule has 0 unspecified atom stereocenters. The van der Waals surface area contributed by atoms with Crippen LogP contribution >= 0.6 is 15.9 Å². The van der Waals surface area contributed by atoms with Gasteiger partial charge in [0.05, 0.1) is 11.4 Å². The number of hydrogen-bond acceptors (Lipinski definition) is 2. The maximum atomic E-state index is 13.3. The molecule has 16 heavy (non-hydrogen) atoms. The average molecular weight is 310 g/mol.